The number of benzene rings is 1. The SMILES string of the molecule is C[Si](C)(C)C1=C([Si](C)(C)C)[C@H]2C(=O)N(C(=O)c3ccccc3)C(=O)N3CCCC(=C1)[C@@H]23.[CH]1C=CC=C1.[Co]. The molecule has 1 aromatic carbocycles. The molecule has 2 saturated heterocycles. The maximum Gasteiger partial charge on any atom is 0.334 e. The Morgan fingerprint density at radius 3 is 2.03 bits per heavy atom. The summed E-state index contributed by atoms with van der Waals surface area (Å²) in [6, 6.07) is 7.98. The molecule has 37 heavy (non-hydrogen) atoms. The molecule has 2 fully saturated rings. The van der Waals surface area contributed by atoms with E-state index in [-0.39, 0.29) is 28.7 Å². The van der Waals surface area contributed by atoms with Crippen molar-refractivity contribution < 1.29 is 31.2 Å². The van der Waals surface area contributed by atoms with E-state index in [1.165, 1.54) is 16.0 Å². The molecule has 5 rings (SSSR count). The maximum absolute atomic E-state index is 14.0. The van der Waals surface area contributed by atoms with Crippen molar-refractivity contribution in [3.05, 3.63) is 88.7 Å². The second kappa shape index (κ2) is 11.2. The van der Waals surface area contributed by atoms with E-state index in [0.29, 0.717) is 12.1 Å². The Labute approximate surface area is 233 Å². The van der Waals surface area contributed by atoms with Gasteiger partial charge in [0.1, 0.15) is 0 Å². The number of nitrogens with zero attached hydrogens (tertiary/aromatic N) is 2. The summed E-state index contributed by atoms with van der Waals surface area (Å²) >= 11 is 0. The molecule has 2 aliphatic heterocycles. The van der Waals surface area contributed by atoms with Gasteiger partial charge in [0.05, 0.1) is 28.1 Å². The first-order valence-electron chi connectivity index (χ1n) is 12.8. The second-order valence-electron chi connectivity index (χ2n) is 11.9. The number of carbonyl (C=O) groups is 3. The van der Waals surface area contributed by atoms with Crippen LogP contribution in [0, 0.1) is 12.3 Å². The molecule has 1 aromatic rings. The molecule has 2 heterocycles. The fourth-order valence-corrected chi connectivity index (χ4v) is 11.6. The van der Waals surface area contributed by atoms with Crippen LogP contribution in [0.4, 0.5) is 4.79 Å². The topological polar surface area (TPSA) is 57.7 Å². The zero-order chi connectivity index (χ0) is 26.3. The van der Waals surface area contributed by atoms with Crippen molar-refractivity contribution in [1.82, 2.24) is 9.80 Å². The molecule has 0 unspecified atom stereocenters. The van der Waals surface area contributed by atoms with Crippen molar-refractivity contribution in [2.75, 3.05) is 6.54 Å². The molecule has 198 valence electrons. The number of imide groups is 3. The zero-order valence-corrected chi connectivity index (χ0v) is 25.6. The van der Waals surface area contributed by atoms with Crippen molar-refractivity contribution >= 4 is 34.0 Å². The number of amides is 4. The van der Waals surface area contributed by atoms with E-state index < -0.39 is 34.0 Å². The van der Waals surface area contributed by atoms with Gasteiger partial charge < -0.3 is 4.90 Å². The molecular formula is C29H37CoN2O3Si2. The van der Waals surface area contributed by atoms with Crippen LogP contribution in [0.2, 0.25) is 39.3 Å². The number of carbonyl (C=O) groups excluding carboxylic acids is 3. The molecule has 0 aromatic heterocycles. The van der Waals surface area contributed by atoms with Crippen molar-refractivity contribution in [2.45, 2.75) is 58.2 Å². The summed E-state index contributed by atoms with van der Waals surface area (Å²) in [7, 11) is -3.66. The molecule has 2 aliphatic carbocycles. The largest absolute Gasteiger partial charge is 0.334 e. The Morgan fingerprint density at radius 2 is 1.51 bits per heavy atom. The van der Waals surface area contributed by atoms with Gasteiger partial charge in [-0.25, -0.2) is 4.79 Å². The number of hydrogen-bond acceptors (Lipinski definition) is 3. The summed E-state index contributed by atoms with van der Waals surface area (Å²) in [4.78, 5) is 43.5. The molecule has 8 heteroatoms. The second-order valence-corrected chi connectivity index (χ2v) is 21.9. The first-order valence-corrected chi connectivity index (χ1v) is 19.8. The van der Waals surface area contributed by atoms with Crippen LogP contribution >= 0.6 is 0 Å². The van der Waals surface area contributed by atoms with Crippen LogP contribution in [0.3, 0.4) is 0 Å². The standard InChI is InChI=1S/C24H32N2O3Si2.C5H5.Co/c1-30(2,3)18-15-17-13-10-14-25-20(17)19(21(18)31(4,5)6)23(28)26(24(25)29)22(27)16-11-8-7-9-12-16;1-2-4-5-3-1;/h7-9,11-12,15,19-20H,10,13-14H2,1-6H3;1-5H;/t19-,20-;;/m0../s1. The Morgan fingerprint density at radius 1 is 0.892 bits per heavy atom. The molecule has 2 radical (unpaired) electrons. The third-order valence-electron chi connectivity index (χ3n) is 7.15. The minimum absolute atomic E-state index is 0. The fraction of sp³-hybridized carbons (Fsp3) is 0.379. The number of piperidine rings is 1. The van der Waals surface area contributed by atoms with E-state index in [1.807, 2.05) is 36.8 Å². The van der Waals surface area contributed by atoms with E-state index in [9.17, 15) is 14.4 Å². The van der Waals surface area contributed by atoms with E-state index in [4.69, 9.17) is 0 Å². The van der Waals surface area contributed by atoms with E-state index in [0.717, 1.165) is 17.7 Å². The van der Waals surface area contributed by atoms with Gasteiger partial charge in [0.2, 0.25) is 5.91 Å². The third-order valence-corrected chi connectivity index (χ3v) is 11.6. The first kappa shape index (κ1) is 29.3. The van der Waals surface area contributed by atoms with Gasteiger partial charge in [0, 0.05) is 35.3 Å². The number of urea groups is 1. The van der Waals surface area contributed by atoms with Crippen molar-refractivity contribution in [1.29, 1.82) is 0 Å². The van der Waals surface area contributed by atoms with Gasteiger partial charge in [-0.05, 0) is 30.5 Å². The number of allylic oxidation sites excluding steroid dienone is 6. The molecule has 0 spiro atoms. The van der Waals surface area contributed by atoms with Gasteiger partial charge in [0.15, 0.2) is 0 Å². The summed E-state index contributed by atoms with van der Waals surface area (Å²) < 4.78 is 0. The normalized spacial score (nSPS) is 22.7. The van der Waals surface area contributed by atoms with Gasteiger partial charge in [0.25, 0.3) is 5.91 Å². The van der Waals surface area contributed by atoms with Crippen LogP contribution in [0.5, 0.6) is 0 Å². The Kier molecular flexibility index (Phi) is 8.89. The average molecular weight is 577 g/mol. The van der Waals surface area contributed by atoms with Crippen LogP contribution in [-0.2, 0) is 21.6 Å². The summed E-state index contributed by atoms with van der Waals surface area (Å²) in [5.74, 6) is -1.28. The maximum atomic E-state index is 14.0. The molecule has 2 atom stereocenters. The van der Waals surface area contributed by atoms with E-state index >= 15 is 0 Å². The quantitative estimate of drug-likeness (QED) is 0.319. The van der Waals surface area contributed by atoms with Crippen molar-refractivity contribution in [2.24, 2.45) is 5.92 Å². The third kappa shape index (κ3) is 5.77. The molecule has 4 aliphatic rings. The molecular weight excluding hydrogens is 539 g/mol. The van der Waals surface area contributed by atoms with Gasteiger partial charge in [-0.3, -0.25) is 9.59 Å². The monoisotopic (exact) mass is 576 g/mol. The van der Waals surface area contributed by atoms with E-state index in [1.54, 1.807) is 29.2 Å². The summed E-state index contributed by atoms with van der Waals surface area (Å²) in [6.45, 7) is 14.4. The van der Waals surface area contributed by atoms with Crippen LogP contribution in [0.1, 0.15) is 23.2 Å². The van der Waals surface area contributed by atoms with Crippen molar-refractivity contribution in [3.8, 4) is 0 Å². The molecule has 0 saturated carbocycles. The fourth-order valence-electron chi connectivity index (χ4n) is 5.62. The molecule has 4 amide bonds. The average Bonchev–Trinajstić information content (AvgIpc) is 3.41. The molecule has 0 bridgehead atoms. The molecule has 0 N–H and O–H groups in total. The van der Waals surface area contributed by atoms with Crippen molar-refractivity contribution in [3.63, 3.8) is 0 Å². The summed E-state index contributed by atoms with van der Waals surface area (Å²) in [6.07, 6.45) is 14.1. The number of rotatable bonds is 3. The van der Waals surface area contributed by atoms with Crippen LogP contribution in [-0.4, -0.2) is 56.4 Å². The predicted octanol–water partition coefficient (Wildman–Crippen LogP) is 6.18. The number of hydrogen-bond donors (Lipinski definition) is 0. The van der Waals surface area contributed by atoms with Crippen LogP contribution in [0.25, 0.3) is 0 Å². The minimum atomic E-state index is -1.92. The summed E-state index contributed by atoms with van der Waals surface area (Å²) in [5.41, 5.74) is 1.57. The summed E-state index contributed by atoms with van der Waals surface area (Å²) in [5, 5.41) is 2.61. The Hall–Kier alpha value is -2.27. The van der Waals surface area contributed by atoms with Gasteiger partial charge in [-0.1, -0.05) is 98.3 Å². The first-order chi connectivity index (χ1) is 16.9. The Balaban J connectivity index is 0.000000568. The van der Waals surface area contributed by atoms with Crippen LogP contribution in [0.15, 0.2) is 76.7 Å². The zero-order valence-electron chi connectivity index (χ0n) is 22.6. The molecule has 5 nitrogen and oxygen atoms in total. The predicted molar refractivity (Wildman–Crippen MR) is 151 cm³/mol. The van der Waals surface area contributed by atoms with E-state index in [2.05, 4.69) is 45.4 Å². The van der Waals surface area contributed by atoms with Crippen LogP contribution < -0.4 is 0 Å². The Bertz CT molecular complexity index is 1180. The van der Waals surface area contributed by atoms with Gasteiger partial charge in [-0.15, -0.1) is 0 Å². The van der Waals surface area contributed by atoms with Gasteiger partial charge in [-0.2, -0.15) is 4.90 Å². The minimum Gasteiger partial charge on any atom is -0.316 e. The smallest absolute Gasteiger partial charge is 0.316 e. The van der Waals surface area contributed by atoms with Gasteiger partial charge >= 0.3 is 6.03 Å².